The molecule has 106 valence electrons. The first-order valence-electron chi connectivity index (χ1n) is 6.21. The van der Waals surface area contributed by atoms with Crippen LogP contribution in [0.25, 0.3) is 0 Å². The highest BCUT2D eigenvalue weighted by Crippen LogP contribution is 2.37. The van der Waals surface area contributed by atoms with Crippen LogP contribution in [0.4, 0.5) is 5.69 Å². The number of benzene rings is 1. The van der Waals surface area contributed by atoms with E-state index in [1.807, 2.05) is 6.07 Å². The van der Waals surface area contributed by atoms with Crippen LogP contribution in [-0.2, 0) is 0 Å². The molecule has 0 aromatic heterocycles. The molecule has 0 spiro atoms. The molecular weight excluding hydrogens is 268 g/mol. The Labute approximate surface area is 118 Å². The number of nitro benzene ring substituents is 1. The van der Waals surface area contributed by atoms with Gasteiger partial charge in [0, 0.05) is 12.1 Å². The van der Waals surface area contributed by atoms with Crippen molar-refractivity contribution in [2.24, 2.45) is 11.7 Å². The molecule has 0 amide bonds. The van der Waals surface area contributed by atoms with E-state index in [2.05, 4.69) is 0 Å². The Morgan fingerprint density at radius 3 is 2.58 bits per heavy atom. The van der Waals surface area contributed by atoms with Gasteiger partial charge in [0.15, 0.2) is 5.75 Å². The molecule has 0 bridgehead atoms. The van der Waals surface area contributed by atoms with Crippen LogP contribution >= 0.6 is 12.4 Å². The zero-order chi connectivity index (χ0) is 13.1. The number of methoxy groups -OCH3 is 1. The Kier molecular flexibility index (Phi) is 5.57. The summed E-state index contributed by atoms with van der Waals surface area (Å²) in [6.45, 7) is 0. The highest BCUT2D eigenvalue weighted by Gasteiger charge is 2.25. The zero-order valence-corrected chi connectivity index (χ0v) is 11.7. The summed E-state index contributed by atoms with van der Waals surface area (Å²) in [5.41, 5.74) is 7.01. The molecule has 0 aliphatic heterocycles. The average Bonchev–Trinajstić information content (AvgIpc) is 2.90. The molecule has 1 aromatic carbocycles. The number of hydrogen-bond acceptors (Lipinski definition) is 4. The summed E-state index contributed by atoms with van der Waals surface area (Å²) < 4.78 is 4.98. The molecule has 0 heterocycles. The van der Waals surface area contributed by atoms with Crippen LogP contribution in [0.15, 0.2) is 18.2 Å². The number of nitrogens with zero attached hydrogens (tertiary/aromatic N) is 1. The van der Waals surface area contributed by atoms with E-state index in [9.17, 15) is 10.1 Å². The van der Waals surface area contributed by atoms with Crippen molar-refractivity contribution >= 4 is 18.1 Å². The van der Waals surface area contributed by atoms with Gasteiger partial charge in [-0.2, -0.15) is 0 Å². The third-order valence-electron chi connectivity index (χ3n) is 3.69. The van der Waals surface area contributed by atoms with Crippen LogP contribution < -0.4 is 10.5 Å². The molecule has 5 nitrogen and oxygen atoms in total. The monoisotopic (exact) mass is 286 g/mol. The molecule has 6 heteroatoms. The minimum absolute atomic E-state index is 0. The predicted molar refractivity (Wildman–Crippen MR) is 75.8 cm³/mol. The number of ether oxygens (including phenoxy) is 1. The van der Waals surface area contributed by atoms with Crippen LogP contribution in [0.1, 0.15) is 37.3 Å². The van der Waals surface area contributed by atoms with Crippen LogP contribution in [0, 0.1) is 16.0 Å². The normalized spacial score (nSPS) is 16.7. The van der Waals surface area contributed by atoms with Gasteiger partial charge in [0.1, 0.15) is 0 Å². The Morgan fingerprint density at radius 2 is 2.05 bits per heavy atom. The lowest BCUT2D eigenvalue weighted by atomic mass is 9.92. The summed E-state index contributed by atoms with van der Waals surface area (Å²) in [7, 11) is 1.43. The van der Waals surface area contributed by atoms with Crippen molar-refractivity contribution in [3.8, 4) is 5.75 Å². The number of nitrogens with two attached hydrogens (primary N) is 1. The summed E-state index contributed by atoms with van der Waals surface area (Å²) in [5.74, 6) is 0.723. The van der Waals surface area contributed by atoms with Gasteiger partial charge in [0.05, 0.1) is 12.0 Å². The second-order valence-electron chi connectivity index (χ2n) is 4.76. The van der Waals surface area contributed by atoms with Crippen molar-refractivity contribution in [1.82, 2.24) is 0 Å². The first-order chi connectivity index (χ1) is 8.63. The number of hydrogen-bond donors (Lipinski definition) is 1. The van der Waals surface area contributed by atoms with Crippen LogP contribution in [0.5, 0.6) is 5.75 Å². The van der Waals surface area contributed by atoms with Crippen LogP contribution in [0.3, 0.4) is 0 Å². The summed E-state index contributed by atoms with van der Waals surface area (Å²) in [6.07, 6.45) is 4.63. The van der Waals surface area contributed by atoms with E-state index in [1.54, 1.807) is 12.1 Å². The number of nitro groups is 1. The molecule has 1 aliphatic carbocycles. The summed E-state index contributed by atoms with van der Waals surface area (Å²) >= 11 is 0. The topological polar surface area (TPSA) is 78.4 Å². The fourth-order valence-corrected chi connectivity index (χ4v) is 2.65. The second kappa shape index (κ2) is 6.73. The van der Waals surface area contributed by atoms with Crippen LogP contribution in [0.2, 0.25) is 0 Å². The van der Waals surface area contributed by atoms with Crippen molar-refractivity contribution in [1.29, 1.82) is 0 Å². The van der Waals surface area contributed by atoms with Gasteiger partial charge in [-0.3, -0.25) is 10.1 Å². The van der Waals surface area contributed by atoms with E-state index in [-0.39, 0.29) is 29.9 Å². The van der Waals surface area contributed by atoms with Gasteiger partial charge in [-0.1, -0.05) is 18.9 Å². The van der Waals surface area contributed by atoms with E-state index in [0.717, 1.165) is 18.4 Å². The van der Waals surface area contributed by atoms with Crippen LogP contribution in [-0.4, -0.2) is 12.0 Å². The van der Waals surface area contributed by atoms with Crippen molar-refractivity contribution in [3.63, 3.8) is 0 Å². The third kappa shape index (κ3) is 3.36. The van der Waals surface area contributed by atoms with Crippen molar-refractivity contribution in [2.75, 3.05) is 7.11 Å². The molecule has 0 unspecified atom stereocenters. The molecule has 2 rings (SSSR count). The summed E-state index contributed by atoms with van der Waals surface area (Å²) in [5, 5.41) is 11.0. The third-order valence-corrected chi connectivity index (χ3v) is 3.69. The summed E-state index contributed by atoms with van der Waals surface area (Å²) in [6, 6.07) is 4.89. The van der Waals surface area contributed by atoms with Gasteiger partial charge in [0.2, 0.25) is 0 Å². The molecule has 1 saturated carbocycles. The zero-order valence-electron chi connectivity index (χ0n) is 10.9. The highest BCUT2D eigenvalue weighted by atomic mass is 35.5. The number of halogens is 1. The van der Waals surface area contributed by atoms with Gasteiger partial charge in [-0.15, -0.1) is 12.4 Å². The molecule has 1 aromatic rings. The maximum Gasteiger partial charge on any atom is 0.311 e. The van der Waals surface area contributed by atoms with Gasteiger partial charge in [-0.05, 0) is 30.4 Å². The van der Waals surface area contributed by atoms with E-state index >= 15 is 0 Å². The molecule has 0 saturated heterocycles. The largest absolute Gasteiger partial charge is 0.490 e. The van der Waals surface area contributed by atoms with Gasteiger partial charge in [-0.25, -0.2) is 0 Å². The summed E-state index contributed by atoms with van der Waals surface area (Å²) in [4.78, 5) is 10.5. The Balaban J connectivity index is 0.00000180. The number of rotatable bonds is 4. The Hall–Kier alpha value is -1.33. The quantitative estimate of drug-likeness (QED) is 0.681. The van der Waals surface area contributed by atoms with Gasteiger partial charge in [0.25, 0.3) is 0 Å². The molecule has 0 radical (unpaired) electrons. The lowest BCUT2D eigenvalue weighted by Gasteiger charge is -2.19. The fourth-order valence-electron chi connectivity index (χ4n) is 2.65. The van der Waals surface area contributed by atoms with E-state index in [0.29, 0.717) is 5.92 Å². The molecule has 1 aliphatic rings. The second-order valence-corrected chi connectivity index (χ2v) is 4.76. The fraction of sp³-hybridized carbons (Fsp3) is 0.538. The van der Waals surface area contributed by atoms with Crippen molar-refractivity contribution in [3.05, 3.63) is 33.9 Å². The lowest BCUT2D eigenvalue weighted by Crippen LogP contribution is -2.19. The maximum absolute atomic E-state index is 11.0. The molecule has 1 atom stereocenters. The average molecular weight is 287 g/mol. The molecule has 1 fully saturated rings. The lowest BCUT2D eigenvalue weighted by molar-refractivity contribution is -0.385. The molecular formula is C13H19ClN2O3. The highest BCUT2D eigenvalue weighted by molar-refractivity contribution is 5.85. The Morgan fingerprint density at radius 1 is 1.42 bits per heavy atom. The molecule has 19 heavy (non-hydrogen) atoms. The standard InChI is InChI=1S/C13H18N2O3.ClH/c1-18-12-7-6-10(8-11(12)15(16)17)13(14)9-4-2-3-5-9;/h6-9,13H,2-5,14H2,1H3;1H/t13-;/m1./s1. The van der Waals surface area contributed by atoms with Crippen molar-refractivity contribution < 1.29 is 9.66 Å². The minimum Gasteiger partial charge on any atom is -0.490 e. The minimum atomic E-state index is -0.427. The van der Waals surface area contributed by atoms with E-state index in [1.165, 1.54) is 20.0 Å². The first kappa shape index (κ1) is 15.7. The molecule has 2 N–H and O–H groups in total. The van der Waals surface area contributed by atoms with E-state index < -0.39 is 4.92 Å². The maximum atomic E-state index is 11.0. The SMILES string of the molecule is COc1ccc([C@H](N)C2CCCC2)cc1[N+](=O)[O-].Cl. The Bertz CT molecular complexity index is 448. The van der Waals surface area contributed by atoms with Gasteiger partial charge >= 0.3 is 5.69 Å². The predicted octanol–water partition coefficient (Wildman–Crippen LogP) is 3.22. The smallest absolute Gasteiger partial charge is 0.311 e. The van der Waals surface area contributed by atoms with E-state index in [4.69, 9.17) is 10.5 Å². The first-order valence-corrected chi connectivity index (χ1v) is 6.21. The van der Waals surface area contributed by atoms with Crippen molar-refractivity contribution in [2.45, 2.75) is 31.7 Å². The van der Waals surface area contributed by atoms with Gasteiger partial charge < -0.3 is 10.5 Å².